The van der Waals surface area contributed by atoms with E-state index in [0.717, 1.165) is 38.0 Å². The molecule has 2 aromatic rings. The molecule has 0 aliphatic carbocycles. The van der Waals surface area contributed by atoms with E-state index in [1.54, 1.807) is 55.5 Å². The van der Waals surface area contributed by atoms with Crippen molar-refractivity contribution >= 4 is 42.0 Å². The van der Waals surface area contributed by atoms with E-state index in [-0.39, 0.29) is 25.4 Å². The van der Waals surface area contributed by atoms with Crippen molar-refractivity contribution in [1.82, 2.24) is 0 Å². The third kappa shape index (κ3) is 17.9. The molecule has 2 atom stereocenters. The molecular weight excluding hydrogens is 546 g/mol. The summed E-state index contributed by atoms with van der Waals surface area (Å²) in [5, 5.41) is 0. The Morgan fingerprint density at radius 1 is 0.625 bits per heavy atom. The topological polar surface area (TPSA) is 96.0 Å². The maximum Gasteiger partial charge on any atom is 0.345 e. The van der Waals surface area contributed by atoms with Crippen LogP contribution in [0, 0.1) is 0 Å². The van der Waals surface area contributed by atoms with E-state index in [1.165, 1.54) is 6.92 Å². The Bertz CT molecular complexity index is 1010. The lowest BCUT2D eigenvalue weighted by atomic mass is 10.1. The van der Waals surface area contributed by atoms with Crippen molar-refractivity contribution in [3.8, 4) is 11.5 Å². The summed E-state index contributed by atoms with van der Waals surface area (Å²) in [7, 11) is 5.08. The van der Waals surface area contributed by atoms with Gasteiger partial charge in [-0.25, -0.2) is 4.79 Å². The predicted molar refractivity (Wildman–Crippen MR) is 168 cm³/mol. The molecule has 2 unspecified atom stereocenters. The van der Waals surface area contributed by atoms with Gasteiger partial charge in [0, 0.05) is 24.8 Å². The van der Waals surface area contributed by atoms with Crippen LogP contribution in [0.5, 0.6) is 11.5 Å². The van der Waals surface area contributed by atoms with E-state index in [4.69, 9.17) is 14.2 Å². The molecule has 0 heterocycles. The number of esters is 2. The van der Waals surface area contributed by atoms with Crippen molar-refractivity contribution < 1.29 is 33.4 Å². The van der Waals surface area contributed by atoms with Crippen LogP contribution in [0.3, 0.4) is 0 Å². The van der Waals surface area contributed by atoms with E-state index < -0.39 is 11.9 Å². The van der Waals surface area contributed by atoms with Crippen LogP contribution in [0.25, 0.3) is 0 Å². The molecule has 2 aromatic carbocycles. The fourth-order valence-electron chi connectivity index (χ4n) is 3.48. The van der Waals surface area contributed by atoms with Crippen molar-refractivity contribution in [3.63, 3.8) is 0 Å². The fraction of sp³-hybridized carbons (Fsp3) is 0.484. The van der Waals surface area contributed by atoms with E-state index in [0.29, 0.717) is 55.1 Å². The third-order valence-corrected chi connectivity index (χ3v) is 5.54. The van der Waals surface area contributed by atoms with Gasteiger partial charge in [-0.2, -0.15) is 0 Å². The Morgan fingerprint density at radius 2 is 1.05 bits per heavy atom. The second-order valence-electron chi connectivity index (χ2n) is 8.98. The SMILES string of the molecule is C.CC(=O)CCCCCCCCC(=O)OC(=O)c1ccc(OCCCOc2ccc(C(C)=O)cc2)cc1.PCP. The lowest BCUT2D eigenvalue weighted by molar-refractivity contribution is -0.138. The number of unbranched alkanes of at least 4 members (excludes halogenated alkanes) is 5. The van der Waals surface area contributed by atoms with Crippen LogP contribution in [-0.4, -0.2) is 42.6 Å². The number of carbonyl (C=O) groups excluding carboxylic acids is 4. The number of Topliss-reactive ketones (excluding diaryl/α,β-unsaturated/α-hetero) is 2. The van der Waals surface area contributed by atoms with Gasteiger partial charge in [-0.3, -0.25) is 9.59 Å². The first kappa shape index (κ1) is 37.4. The first-order valence-electron chi connectivity index (χ1n) is 13.4. The molecule has 0 saturated heterocycles. The highest BCUT2D eigenvalue weighted by Gasteiger charge is 2.13. The summed E-state index contributed by atoms with van der Waals surface area (Å²) in [5.41, 5.74) is 0.936. The second-order valence-corrected chi connectivity index (χ2v) is 10.9. The molecule has 2 rings (SSSR count). The third-order valence-electron chi connectivity index (χ3n) is 5.54. The number of carbonyl (C=O) groups is 4. The number of ketones is 2. The monoisotopic (exact) mass is 592 g/mol. The van der Waals surface area contributed by atoms with Gasteiger partial charge in [0.1, 0.15) is 17.3 Å². The zero-order chi connectivity index (χ0) is 28.9. The van der Waals surface area contributed by atoms with Crippen LogP contribution in [0.1, 0.15) is 99.8 Å². The summed E-state index contributed by atoms with van der Waals surface area (Å²) in [6.45, 7) is 4.03. The summed E-state index contributed by atoms with van der Waals surface area (Å²) < 4.78 is 16.2. The molecular formula is C31H46O7P2. The van der Waals surface area contributed by atoms with Crippen LogP contribution >= 0.6 is 18.5 Å². The Hall–Kier alpha value is -2.62. The average Bonchev–Trinajstić information content (AvgIpc) is 2.91. The number of hydrogen-bond donors (Lipinski definition) is 0. The van der Waals surface area contributed by atoms with Crippen LogP contribution < -0.4 is 9.47 Å². The molecule has 0 amide bonds. The van der Waals surface area contributed by atoms with Crippen molar-refractivity contribution in [2.24, 2.45) is 0 Å². The Labute approximate surface area is 244 Å². The lowest BCUT2D eigenvalue weighted by Crippen LogP contribution is -2.12. The molecule has 0 aromatic heterocycles. The second kappa shape index (κ2) is 23.1. The van der Waals surface area contributed by atoms with Crippen molar-refractivity contribution in [2.75, 3.05) is 19.1 Å². The largest absolute Gasteiger partial charge is 0.493 e. The molecule has 0 N–H and O–H groups in total. The molecule has 0 saturated carbocycles. The first-order valence-corrected chi connectivity index (χ1v) is 15.0. The molecule has 0 spiro atoms. The number of rotatable bonds is 17. The fourth-order valence-corrected chi connectivity index (χ4v) is 3.48. The van der Waals surface area contributed by atoms with E-state index in [9.17, 15) is 19.2 Å². The number of hydrogen-bond acceptors (Lipinski definition) is 7. The lowest BCUT2D eigenvalue weighted by Gasteiger charge is -2.09. The number of benzene rings is 2. The van der Waals surface area contributed by atoms with Gasteiger partial charge in [-0.1, -0.05) is 33.1 Å². The molecule has 0 fully saturated rings. The summed E-state index contributed by atoms with van der Waals surface area (Å²) in [6, 6.07) is 13.5. The van der Waals surface area contributed by atoms with Gasteiger partial charge in [0.05, 0.1) is 18.8 Å². The van der Waals surface area contributed by atoms with Gasteiger partial charge in [0.2, 0.25) is 0 Å². The van der Waals surface area contributed by atoms with Crippen molar-refractivity contribution in [3.05, 3.63) is 59.7 Å². The minimum Gasteiger partial charge on any atom is -0.493 e. The minimum atomic E-state index is -0.667. The van der Waals surface area contributed by atoms with E-state index >= 15 is 0 Å². The summed E-state index contributed by atoms with van der Waals surface area (Å²) in [4.78, 5) is 46.3. The van der Waals surface area contributed by atoms with Gasteiger partial charge in [-0.15, -0.1) is 18.5 Å². The molecule has 7 nitrogen and oxygen atoms in total. The predicted octanol–water partition coefficient (Wildman–Crippen LogP) is 7.46. The molecule has 40 heavy (non-hydrogen) atoms. The summed E-state index contributed by atoms with van der Waals surface area (Å²) >= 11 is 0. The first-order chi connectivity index (χ1) is 18.8. The molecule has 0 radical (unpaired) electrons. The molecule has 9 heteroatoms. The van der Waals surface area contributed by atoms with Crippen molar-refractivity contribution in [1.29, 1.82) is 0 Å². The molecule has 0 aliphatic rings. The smallest absolute Gasteiger partial charge is 0.345 e. The minimum absolute atomic E-state index is 0. The highest BCUT2D eigenvalue weighted by Crippen LogP contribution is 2.16. The van der Waals surface area contributed by atoms with Crippen LogP contribution in [0.2, 0.25) is 0 Å². The van der Waals surface area contributed by atoms with Gasteiger partial charge >= 0.3 is 11.9 Å². The quantitative estimate of drug-likeness (QED) is 0.0618. The Balaban J connectivity index is 0.00000363. The van der Waals surface area contributed by atoms with Crippen LogP contribution in [-0.2, 0) is 14.3 Å². The van der Waals surface area contributed by atoms with Crippen molar-refractivity contribution in [2.45, 2.75) is 79.1 Å². The summed E-state index contributed by atoms with van der Waals surface area (Å²) in [6.07, 6.45) is 7.06. The van der Waals surface area contributed by atoms with E-state index in [1.807, 2.05) is 0 Å². The molecule has 0 bridgehead atoms. The summed E-state index contributed by atoms with van der Waals surface area (Å²) in [5.74, 6) is 1.43. The molecule has 0 aliphatic heterocycles. The van der Waals surface area contributed by atoms with Gasteiger partial charge < -0.3 is 19.0 Å². The van der Waals surface area contributed by atoms with Gasteiger partial charge in [0.25, 0.3) is 0 Å². The van der Waals surface area contributed by atoms with Crippen LogP contribution in [0.15, 0.2) is 48.5 Å². The zero-order valence-electron chi connectivity index (χ0n) is 23.1. The Kier molecular flexibility index (Phi) is 21.6. The standard InChI is InChI=1S/C29H36O7.CH6P2.CH4/c1-22(30)10-7-5-3-4-6-8-11-28(32)36-29(33)25-14-18-27(19-15-25)35-21-9-20-34-26-16-12-24(13-17-26)23(2)31;2-1-3;/h12-19H,3-11,20-21H2,1-2H3;1-3H2;1H4. The van der Waals surface area contributed by atoms with Gasteiger partial charge in [0.15, 0.2) is 5.78 Å². The Morgan fingerprint density at radius 3 is 1.50 bits per heavy atom. The highest BCUT2D eigenvalue weighted by molar-refractivity contribution is 7.36. The maximum atomic E-state index is 12.2. The average molecular weight is 593 g/mol. The zero-order valence-corrected chi connectivity index (χ0v) is 25.4. The highest BCUT2D eigenvalue weighted by atomic mass is 31.1. The number of ether oxygens (including phenoxy) is 3. The van der Waals surface area contributed by atoms with Gasteiger partial charge in [-0.05, 0) is 81.1 Å². The maximum absolute atomic E-state index is 12.2. The normalized spacial score (nSPS) is 9.90. The van der Waals surface area contributed by atoms with E-state index in [2.05, 4.69) is 18.5 Å². The van der Waals surface area contributed by atoms with Crippen LogP contribution in [0.4, 0.5) is 0 Å². The molecule has 222 valence electrons.